The minimum Gasteiger partial charge on any atom is -0.384 e. The summed E-state index contributed by atoms with van der Waals surface area (Å²) in [5.41, 5.74) is 9.82. The van der Waals surface area contributed by atoms with E-state index in [-0.39, 0.29) is 16.8 Å². The molecule has 3 aromatic carbocycles. The molecule has 0 unspecified atom stereocenters. The SMILES string of the molecule is Cc1cc(Nc2ccc(NC(=O)c3ccc(Nc4ccnc5c(F)c(F)c(F)cc45)cc3)cc2)cc(N)n1. The number of nitrogens with one attached hydrogen (secondary N) is 3. The van der Waals surface area contributed by atoms with Gasteiger partial charge in [0.05, 0.1) is 0 Å². The van der Waals surface area contributed by atoms with E-state index in [1.54, 1.807) is 42.5 Å². The molecule has 0 bridgehead atoms. The second kappa shape index (κ2) is 10.1. The van der Waals surface area contributed by atoms with Gasteiger partial charge >= 0.3 is 0 Å². The van der Waals surface area contributed by atoms with Crippen LogP contribution in [0, 0.1) is 24.4 Å². The molecule has 0 radical (unpaired) electrons. The molecule has 0 atom stereocenters. The Morgan fingerprint density at radius 1 is 0.789 bits per heavy atom. The number of nitrogens with zero attached hydrogens (tertiary/aromatic N) is 2. The number of carbonyl (C=O) groups excluding carboxylic acids is 1. The minimum atomic E-state index is -1.57. The van der Waals surface area contributed by atoms with E-state index in [0.717, 1.165) is 23.1 Å². The van der Waals surface area contributed by atoms with Gasteiger partial charge in [0.15, 0.2) is 17.5 Å². The molecule has 38 heavy (non-hydrogen) atoms. The summed E-state index contributed by atoms with van der Waals surface area (Å²) >= 11 is 0. The number of nitrogen functional groups attached to an aromatic ring is 1. The van der Waals surface area contributed by atoms with Gasteiger partial charge in [-0.2, -0.15) is 0 Å². The van der Waals surface area contributed by atoms with Gasteiger partial charge < -0.3 is 21.7 Å². The fraction of sp³-hybridized carbons (Fsp3) is 0.0357. The molecular weight excluding hydrogens is 493 g/mol. The van der Waals surface area contributed by atoms with E-state index < -0.39 is 17.5 Å². The fourth-order valence-electron chi connectivity index (χ4n) is 3.94. The van der Waals surface area contributed by atoms with Crippen LogP contribution in [0.2, 0.25) is 0 Å². The summed E-state index contributed by atoms with van der Waals surface area (Å²) in [6.07, 6.45) is 1.29. The zero-order chi connectivity index (χ0) is 26.8. The Balaban J connectivity index is 1.25. The highest BCUT2D eigenvalue weighted by Crippen LogP contribution is 2.29. The molecule has 2 aromatic heterocycles. The van der Waals surface area contributed by atoms with Crippen LogP contribution in [0.4, 0.5) is 47.4 Å². The van der Waals surface area contributed by atoms with E-state index in [9.17, 15) is 18.0 Å². The number of nitrogens with two attached hydrogens (primary N) is 1. The molecule has 0 aliphatic rings. The number of pyridine rings is 2. The molecule has 10 heteroatoms. The molecule has 0 saturated heterocycles. The van der Waals surface area contributed by atoms with Gasteiger partial charge in [-0.1, -0.05) is 0 Å². The van der Waals surface area contributed by atoms with Gasteiger partial charge in [-0.25, -0.2) is 18.2 Å². The number of amides is 1. The Bertz CT molecular complexity index is 1640. The molecule has 7 nitrogen and oxygen atoms in total. The summed E-state index contributed by atoms with van der Waals surface area (Å²) < 4.78 is 41.4. The monoisotopic (exact) mass is 514 g/mol. The lowest BCUT2D eigenvalue weighted by molar-refractivity contribution is 0.102. The Morgan fingerprint density at radius 3 is 2.16 bits per heavy atom. The number of benzene rings is 3. The lowest BCUT2D eigenvalue weighted by Gasteiger charge is -2.12. The van der Waals surface area contributed by atoms with Crippen LogP contribution in [-0.4, -0.2) is 15.9 Å². The van der Waals surface area contributed by atoms with E-state index in [1.165, 1.54) is 12.3 Å². The van der Waals surface area contributed by atoms with Crippen molar-refractivity contribution in [1.29, 1.82) is 0 Å². The molecule has 5 rings (SSSR count). The van der Waals surface area contributed by atoms with Crippen LogP contribution in [0.3, 0.4) is 0 Å². The standard InChI is InChI=1S/C28H21F3N6O/c1-15-12-20(13-24(32)34-15)35-17-6-8-19(9-7-17)37-28(38)16-2-4-18(5-3-16)36-23-10-11-33-27-21(23)14-22(29)25(30)26(27)31/h2-14H,1H3,(H,33,36)(H,37,38)(H3,32,34,35). The molecule has 0 spiro atoms. The third-order valence-electron chi connectivity index (χ3n) is 5.70. The Hall–Kier alpha value is -5.12. The average molecular weight is 515 g/mol. The van der Waals surface area contributed by atoms with Crippen molar-refractivity contribution < 1.29 is 18.0 Å². The van der Waals surface area contributed by atoms with Crippen LogP contribution in [0.5, 0.6) is 0 Å². The van der Waals surface area contributed by atoms with Gasteiger partial charge in [0, 0.05) is 57.3 Å². The number of fused-ring (bicyclic) bond motifs is 1. The van der Waals surface area contributed by atoms with Crippen molar-refractivity contribution in [2.75, 3.05) is 21.7 Å². The molecule has 1 amide bonds. The first-order valence-electron chi connectivity index (χ1n) is 11.5. The van der Waals surface area contributed by atoms with Gasteiger partial charge in [-0.3, -0.25) is 9.78 Å². The summed E-state index contributed by atoms with van der Waals surface area (Å²) in [6, 6.07) is 19.7. The Morgan fingerprint density at radius 2 is 1.45 bits per heavy atom. The topological polar surface area (TPSA) is 105 Å². The number of anilines is 6. The summed E-state index contributed by atoms with van der Waals surface area (Å²) in [5, 5.41) is 9.19. The predicted octanol–water partition coefficient (Wildman–Crippen LogP) is 6.68. The maximum Gasteiger partial charge on any atom is 0.255 e. The molecule has 5 aromatic rings. The number of aryl methyl sites for hydroxylation is 1. The predicted molar refractivity (Wildman–Crippen MR) is 142 cm³/mol. The first-order valence-corrected chi connectivity index (χ1v) is 11.5. The molecule has 190 valence electrons. The van der Waals surface area contributed by atoms with Gasteiger partial charge in [0.25, 0.3) is 5.91 Å². The van der Waals surface area contributed by atoms with E-state index in [1.807, 2.05) is 25.1 Å². The highest BCUT2D eigenvalue weighted by Gasteiger charge is 2.16. The third kappa shape index (κ3) is 5.19. The molecular formula is C28H21F3N6O. The minimum absolute atomic E-state index is 0.0891. The average Bonchev–Trinajstić information content (AvgIpc) is 2.89. The van der Waals surface area contributed by atoms with E-state index in [4.69, 9.17) is 5.73 Å². The quantitative estimate of drug-likeness (QED) is 0.189. The molecule has 2 heterocycles. The number of aromatic nitrogens is 2. The van der Waals surface area contributed by atoms with Crippen molar-refractivity contribution in [3.05, 3.63) is 108 Å². The summed E-state index contributed by atoms with van der Waals surface area (Å²) in [7, 11) is 0. The van der Waals surface area contributed by atoms with Crippen molar-refractivity contribution in [2.45, 2.75) is 6.92 Å². The normalized spacial score (nSPS) is 10.8. The third-order valence-corrected chi connectivity index (χ3v) is 5.70. The Labute approximate surface area is 215 Å². The van der Waals surface area contributed by atoms with Crippen LogP contribution in [-0.2, 0) is 0 Å². The second-order valence-electron chi connectivity index (χ2n) is 8.52. The maximum absolute atomic E-state index is 14.1. The number of halogens is 3. The van der Waals surface area contributed by atoms with Crippen molar-refractivity contribution in [3.63, 3.8) is 0 Å². The van der Waals surface area contributed by atoms with Gasteiger partial charge in [0.2, 0.25) is 0 Å². The van der Waals surface area contributed by atoms with Crippen LogP contribution >= 0.6 is 0 Å². The molecule has 0 aliphatic carbocycles. The van der Waals surface area contributed by atoms with Crippen LogP contribution < -0.4 is 21.7 Å². The summed E-state index contributed by atoms with van der Waals surface area (Å²) in [6.45, 7) is 1.86. The summed E-state index contributed by atoms with van der Waals surface area (Å²) in [5.74, 6) is -4.12. The van der Waals surface area contributed by atoms with Crippen LogP contribution in [0.15, 0.2) is 79.0 Å². The van der Waals surface area contributed by atoms with Gasteiger partial charge in [-0.05, 0) is 73.7 Å². The molecule has 0 fully saturated rings. The second-order valence-corrected chi connectivity index (χ2v) is 8.52. The molecule has 5 N–H and O–H groups in total. The molecule has 0 aliphatic heterocycles. The number of hydrogen-bond donors (Lipinski definition) is 4. The smallest absolute Gasteiger partial charge is 0.255 e. The van der Waals surface area contributed by atoms with E-state index in [0.29, 0.717) is 28.4 Å². The lowest BCUT2D eigenvalue weighted by Crippen LogP contribution is -2.11. The maximum atomic E-state index is 14.1. The number of hydrogen-bond acceptors (Lipinski definition) is 6. The number of rotatable bonds is 6. The van der Waals surface area contributed by atoms with E-state index >= 15 is 0 Å². The number of carbonyl (C=O) groups is 1. The van der Waals surface area contributed by atoms with Crippen molar-refractivity contribution in [1.82, 2.24) is 9.97 Å². The van der Waals surface area contributed by atoms with Gasteiger partial charge in [-0.15, -0.1) is 0 Å². The molecule has 0 saturated carbocycles. The van der Waals surface area contributed by atoms with Gasteiger partial charge in [0.1, 0.15) is 11.3 Å². The lowest BCUT2D eigenvalue weighted by atomic mass is 10.1. The van der Waals surface area contributed by atoms with Crippen LogP contribution in [0.25, 0.3) is 10.9 Å². The first-order chi connectivity index (χ1) is 18.3. The zero-order valence-corrected chi connectivity index (χ0v) is 20.0. The highest BCUT2D eigenvalue weighted by atomic mass is 19.2. The first kappa shape index (κ1) is 24.6. The fourth-order valence-corrected chi connectivity index (χ4v) is 3.94. The van der Waals surface area contributed by atoms with Crippen molar-refractivity contribution in [3.8, 4) is 0 Å². The van der Waals surface area contributed by atoms with Crippen LogP contribution in [0.1, 0.15) is 16.1 Å². The largest absolute Gasteiger partial charge is 0.384 e. The zero-order valence-electron chi connectivity index (χ0n) is 20.0. The van der Waals surface area contributed by atoms with E-state index in [2.05, 4.69) is 25.9 Å². The highest BCUT2D eigenvalue weighted by molar-refractivity contribution is 6.04. The summed E-state index contributed by atoms with van der Waals surface area (Å²) in [4.78, 5) is 20.7. The Kier molecular flexibility index (Phi) is 6.53. The van der Waals surface area contributed by atoms with Crippen molar-refractivity contribution >= 4 is 51.1 Å². The van der Waals surface area contributed by atoms with Crippen molar-refractivity contribution in [2.24, 2.45) is 0 Å².